The zero-order valence-electron chi connectivity index (χ0n) is 10.5. The Bertz CT molecular complexity index is 882. The molecule has 0 bridgehead atoms. The Morgan fingerprint density at radius 1 is 1.29 bits per heavy atom. The lowest BCUT2D eigenvalue weighted by Gasteiger charge is -2.07. The van der Waals surface area contributed by atoms with E-state index in [9.17, 15) is 14.9 Å². The summed E-state index contributed by atoms with van der Waals surface area (Å²) >= 11 is 4.52. The maximum Gasteiger partial charge on any atom is 0.324 e. The van der Waals surface area contributed by atoms with E-state index in [1.807, 2.05) is 0 Å². The van der Waals surface area contributed by atoms with Crippen LogP contribution in [0.1, 0.15) is 5.56 Å². The molecule has 0 atom stereocenters. The molecule has 0 saturated carbocycles. The lowest BCUT2D eigenvalue weighted by Crippen LogP contribution is -1.99. The molecule has 108 valence electrons. The van der Waals surface area contributed by atoms with Crippen LogP contribution in [0.3, 0.4) is 0 Å². The molecule has 3 aromatic rings. The molecule has 0 aliphatic heterocycles. The van der Waals surface area contributed by atoms with Gasteiger partial charge in [0.2, 0.25) is 0 Å². The molecule has 2 heterocycles. The predicted octanol–water partition coefficient (Wildman–Crippen LogP) is 3.20. The van der Waals surface area contributed by atoms with E-state index in [-0.39, 0.29) is 10.7 Å². The normalized spacial score (nSPS) is 10.9. The second kappa shape index (κ2) is 5.34. The monoisotopic (exact) mass is 368 g/mol. The number of aromatic amines is 2. The second-order valence-corrected chi connectivity index (χ2v) is 6.10. The third-order valence-corrected chi connectivity index (χ3v) is 4.49. The molecule has 0 aliphatic rings. The molecule has 0 aliphatic carbocycles. The van der Waals surface area contributed by atoms with Crippen LogP contribution in [0.5, 0.6) is 0 Å². The quantitative estimate of drug-likeness (QED) is 0.485. The summed E-state index contributed by atoms with van der Waals surface area (Å²) in [5.41, 5.74) is 2.78. The number of benzene rings is 1. The fraction of sp³-hybridized carbons (Fsp3) is 0.0833. The van der Waals surface area contributed by atoms with Crippen LogP contribution in [-0.4, -0.2) is 14.9 Å². The highest BCUT2D eigenvalue weighted by Crippen LogP contribution is 2.28. The molecular weight excluding hydrogens is 360 g/mol. The highest BCUT2D eigenvalue weighted by atomic mass is 79.9. The number of hydrogen-bond acceptors (Lipinski definition) is 5. The van der Waals surface area contributed by atoms with Crippen LogP contribution < -0.4 is 11.0 Å². The van der Waals surface area contributed by atoms with E-state index >= 15 is 0 Å². The molecule has 0 spiro atoms. The number of rotatable bonds is 4. The third-order valence-electron chi connectivity index (χ3n) is 2.91. The minimum Gasteiger partial charge on any atom is -0.380 e. The lowest BCUT2D eigenvalue weighted by molar-refractivity contribution is -0.380. The summed E-state index contributed by atoms with van der Waals surface area (Å²) in [6.07, 6.45) is 0. The van der Waals surface area contributed by atoms with Crippen LogP contribution in [0.4, 0.5) is 10.7 Å². The Hall–Kier alpha value is -2.13. The fourth-order valence-corrected chi connectivity index (χ4v) is 3.15. The van der Waals surface area contributed by atoms with Gasteiger partial charge in [-0.15, -0.1) is 0 Å². The first-order chi connectivity index (χ1) is 10.0. The zero-order valence-corrected chi connectivity index (χ0v) is 12.9. The molecular formula is C12H9BrN4O3S. The average Bonchev–Trinajstić information content (AvgIpc) is 3.01. The van der Waals surface area contributed by atoms with E-state index in [1.54, 1.807) is 23.6 Å². The van der Waals surface area contributed by atoms with Crippen LogP contribution >= 0.6 is 27.3 Å². The number of H-pyrrole nitrogens is 2. The first-order valence-electron chi connectivity index (χ1n) is 5.90. The lowest BCUT2D eigenvalue weighted by atomic mass is 10.2. The first-order valence-corrected chi connectivity index (χ1v) is 7.57. The van der Waals surface area contributed by atoms with E-state index in [1.165, 1.54) is 0 Å². The highest BCUT2D eigenvalue weighted by molar-refractivity contribution is 9.10. The standard InChI is InChI=1S/C12H9BrN4O3S/c13-7-2-9-10(16-12(18)15-9)3-8(7)14-4-6-1-11(17(19)20)21-5-6/h1-3,5,14H,4H2,(H2,15,16,18). The largest absolute Gasteiger partial charge is 0.380 e. The predicted molar refractivity (Wildman–Crippen MR) is 84.9 cm³/mol. The van der Waals surface area contributed by atoms with E-state index in [2.05, 4.69) is 31.2 Å². The topological polar surface area (TPSA) is 104 Å². The van der Waals surface area contributed by atoms with Crippen molar-refractivity contribution < 1.29 is 4.92 Å². The molecule has 0 radical (unpaired) electrons. The van der Waals surface area contributed by atoms with Crippen LogP contribution in [0.15, 0.2) is 32.8 Å². The van der Waals surface area contributed by atoms with Gasteiger partial charge in [0, 0.05) is 22.5 Å². The van der Waals surface area contributed by atoms with Gasteiger partial charge in [0.15, 0.2) is 0 Å². The van der Waals surface area contributed by atoms with Gasteiger partial charge in [-0.3, -0.25) is 10.1 Å². The van der Waals surface area contributed by atoms with Crippen molar-refractivity contribution in [3.05, 3.63) is 54.2 Å². The molecule has 7 nitrogen and oxygen atoms in total. The number of anilines is 1. The van der Waals surface area contributed by atoms with Crippen molar-refractivity contribution >= 4 is 49.0 Å². The van der Waals surface area contributed by atoms with Crippen molar-refractivity contribution in [3.63, 3.8) is 0 Å². The number of hydrogen-bond donors (Lipinski definition) is 3. The van der Waals surface area contributed by atoms with Crippen molar-refractivity contribution in [2.75, 3.05) is 5.32 Å². The van der Waals surface area contributed by atoms with Crippen LogP contribution in [-0.2, 0) is 6.54 Å². The fourth-order valence-electron chi connectivity index (χ4n) is 1.94. The van der Waals surface area contributed by atoms with Gasteiger partial charge in [-0.25, -0.2) is 4.79 Å². The van der Waals surface area contributed by atoms with Gasteiger partial charge in [0.1, 0.15) is 0 Å². The smallest absolute Gasteiger partial charge is 0.324 e. The number of nitro groups is 1. The summed E-state index contributed by atoms with van der Waals surface area (Å²) in [5, 5.41) is 15.7. The number of aromatic nitrogens is 2. The summed E-state index contributed by atoms with van der Waals surface area (Å²) in [5.74, 6) is 0. The maximum atomic E-state index is 11.2. The Kier molecular flexibility index (Phi) is 3.52. The molecule has 0 amide bonds. The molecule has 0 unspecified atom stereocenters. The minimum absolute atomic E-state index is 0.122. The molecule has 0 fully saturated rings. The number of thiophene rings is 1. The molecule has 3 N–H and O–H groups in total. The van der Waals surface area contributed by atoms with Gasteiger partial charge in [0.05, 0.1) is 21.6 Å². The van der Waals surface area contributed by atoms with Gasteiger partial charge in [-0.1, -0.05) is 11.3 Å². The molecule has 1 aromatic carbocycles. The maximum absolute atomic E-state index is 11.2. The highest BCUT2D eigenvalue weighted by Gasteiger charge is 2.10. The average molecular weight is 369 g/mol. The summed E-state index contributed by atoms with van der Waals surface area (Å²) in [4.78, 5) is 26.8. The van der Waals surface area contributed by atoms with Crippen LogP contribution in [0.25, 0.3) is 11.0 Å². The zero-order chi connectivity index (χ0) is 15.0. The second-order valence-electron chi connectivity index (χ2n) is 4.36. The first kappa shape index (κ1) is 13.8. The van der Waals surface area contributed by atoms with Gasteiger partial charge in [-0.05, 0) is 33.6 Å². The van der Waals surface area contributed by atoms with Gasteiger partial charge >= 0.3 is 10.7 Å². The molecule has 3 rings (SSSR count). The van der Waals surface area contributed by atoms with E-state index in [4.69, 9.17) is 0 Å². The van der Waals surface area contributed by atoms with Crippen molar-refractivity contribution in [2.45, 2.75) is 6.54 Å². The van der Waals surface area contributed by atoms with Crippen molar-refractivity contribution in [1.29, 1.82) is 0 Å². The minimum atomic E-state index is -0.402. The van der Waals surface area contributed by atoms with Crippen LogP contribution in [0.2, 0.25) is 0 Å². The molecule has 21 heavy (non-hydrogen) atoms. The van der Waals surface area contributed by atoms with Gasteiger partial charge in [0.25, 0.3) is 0 Å². The SMILES string of the molecule is O=c1[nH]c2cc(Br)c(NCc3csc([N+](=O)[O-])c3)cc2[nH]1. The Balaban J connectivity index is 1.82. The van der Waals surface area contributed by atoms with Crippen molar-refractivity contribution in [2.24, 2.45) is 0 Å². The van der Waals surface area contributed by atoms with Crippen molar-refractivity contribution in [3.8, 4) is 0 Å². The van der Waals surface area contributed by atoms with Gasteiger partial charge in [-0.2, -0.15) is 0 Å². The number of imidazole rings is 1. The van der Waals surface area contributed by atoms with Gasteiger partial charge < -0.3 is 15.3 Å². The third kappa shape index (κ3) is 2.83. The van der Waals surface area contributed by atoms with E-state index < -0.39 is 4.92 Å². The number of halogens is 1. The number of nitrogens with zero attached hydrogens (tertiary/aromatic N) is 1. The van der Waals surface area contributed by atoms with Crippen LogP contribution in [0, 0.1) is 10.1 Å². The summed E-state index contributed by atoms with van der Waals surface area (Å²) in [7, 11) is 0. The van der Waals surface area contributed by atoms with E-state index in [0.717, 1.165) is 27.1 Å². The molecule has 0 saturated heterocycles. The summed E-state index contributed by atoms with van der Waals surface area (Å²) in [6, 6.07) is 5.14. The Morgan fingerprint density at radius 2 is 2.00 bits per heavy atom. The summed E-state index contributed by atoms with van der Waals surface area (Å²) in [6.45, 7) is 0.461. The molecule has 9 heteroatoms. The number of nitrogens with one attached hydrogen (secondary N) is 3. The van der Waals surface area contributed by atoms with Crippen molar-refractivity contribution in [1.82, 2.24) is 9.97 Å². The summed E-state index contributed by atoms with van der Waals surface area (Å²) < 4.78 is 0.801. The molecule has 2 aromatic heterocycles. The number of fused-ring (bicyclic) bond motifs is 1. The Morgan fingerprint density at radius 3 is 2.67 bits per heavy atom. The van der Waals surface area contributed by atoms with E-state index in [0.29, 0.717) is 17.6 Å². The Labute approximate surface area is 130 Å².